The number of rotatable bonds is 1. The third-order valence-electron chi connectivity index (χ3n) is 5.71. The first kappa shape index (κ1) is 14.7. The van der Waals surface area contributed by atoms with E-state index in [0.717, 1.165) is 5.46 Å². The maximum absolute atomic E-state index is 6.30. The van der Waals surface area contributed by atoms with Crippen LogP contribution in [0.15, 0.2) is 42.5 Å². The van der Waals surface area contributed by atoms with Gasteiger partial charge >= 0.3 is 7.12 Å². The molecular weight excluding hydrogens is 315 g/mol. The predicted molar refractivity (Wildman–Crippen MR) is 104 cm³/mol. The first-order chi connectivity index (χ1) is 11.4. The Kier molecular flexibility index (Phi) is 2.76. The second-order valence-corrected chi connectivity index (χ2v) is 8.77. The van der Waals surface area contributed by atoms with Crippen LogP contribution in [0.25, 0.3) is 30.9 Å². The SMILES string of the molecule is CC1(C)OB(c2ccc3sc4cccc5ccc2c3c54)OC1(C)C. The van der Waals surface area contributed by atoms with Crippen LogP contribution in [0, 0.1) is 0 Å². The molecule has 0 aliphatic carbocycles. The second-order valence-electron chi connectivity index (χ2n) is 7.69. The summed E-state index contributed by atoms with van der Waals surface area (Å²) in [5, 5.41) is 5.27. The fourth-order valence-electron chi connectivity index (χ4n) is 3.64. The fraction of sp³-hybridized carbons (Fsp3) is 0.300. The molecule has 1 saturated heterocycles. The molecule has 0 unspecified atom stereocenters. The molecule has 0 amide bonds. The summed E-state index contributed by atoms with van der Waals surface area (Å²) in [6.07, 6.45) is 0. The first-order valence-electron chi connectivity index (χ1n) is 8.39. The van der Waals surface area contributed by atoms with Gasteiger partial charge in [0.2, 0.25) is 0 Å². The molecular formula is C20H19BO2S. The molecule has 0 N–H and O–H groups in total. The van der Waals surface area contributed by atoms with E-state index in [1.165, 1.54) is 30.9 Å². The molecule has 120 valence electrons. The number of hydrogen-bond donors (Lipinski definition) is 0. The van der Waals surface area contributed by atoms with Crippen molar-refractivity contribution in [3.63, 3.8) is 0 Å². The molecule has 2 nitrogen and oxygen atoms in total. The summed E-state index contributed by atoms with van der Waals surface area (Å²) in [4.78, 5) is 0. The zero-order valence-electron chi connectivity index (χ0n) is 14.3. The summed E-state index contributed by atoms with van der Waals surface area (Å²) in [5.41, 5.74) is 0.491. The van der Waals surface area contributed by atoms with Gasteiger partial charge in [-0.15, -0.1) is 11.3 Å². The maximum Gasteiger partial charge on any atom is 0.495 e. The highest BCUT2D eigenvalue weighted by atomic mass is 32.1. The summed E-state index contributed by atoms with van der Waals surface area (Å²) in [6.45, 7) is 8.41. The Labute approximate surface area is 145 Å². The number of thiophene rings is 1. The molecule has 24 heavy (non-hydrogen) atoms. The van der Waals surface area contributed by atoms with Crippen LogP contribution < -0.4 is 5.46 Å². The summed E-state index contributed by atoms with van der Waals surface area (Å²) >= 11 is 1.86. The van der Waals surface area contributed by atoms with Crippen LogP contribution in [0.3, 0.4) is 0 Å². The largest absolute Gasteiger partial charge is 0.495 e. The summed E-state index contributed by atoms with van der Waals surface area (Å²) < 4.78 is 15.3. The highest BCUT2D eigenvalue weighted by Crippen LogP contribution is 2.41. The monoisotopic (exact) mass is 334 g/mol. The van der Waals surface area contributed by atoms with E-state index in [1.54, 1.807) is 0 Å². The summed E-state index contributed by atoms with van der Waals surface area (Å²) in [7, 11) is -0.320. The van der Waals surface area contributed by atoms with Crippen molar-refractivity contribution in [1.29, 1.82) is 0 Å². The minimum atomic E-state index is -0.320. The van der Waals surface area contributed by atoms with Gasteiger partial charge in [-0.3, -0.25) is 0 Å². The molecule has 1 aromatic heterocycles. The van der Waals surface area contributed by atoms with Crippen LogP contribution in [0.1, 0.15) is 27.7 Å². The lowest BCUT2D eigenvalue weighted by Gasteiger charge is -2.32. The summed E-state index contributed by atoms with van der Waals surface area (Å²) in [5.74, 6) is 0. The number of hydrogen-bond acceptors (Lipinski definition) is 3. The van der Waals surface area contributed by atoms with Gasteiger partial charge in [0.25, 0.3) is 0 Å². The van der Waals surface area contributed by atoms with E-state index in [1.807, 2.05) is 11.3 Å². The quantitative estimate of drug-likeness (QED) is 0.362. The highest BCUT2D eigenvalue weighted by molar-refractivity contribution is 7.26. The van der Waals surface area contributed by atoms with E-state index in [2.05, 4.69) is 70.2 Å². The van der Waals surface area contributed by atoms with Gasteiger partial charge in [-0.25, -0.2) is 0 Å². The standard InChI is InChI=1S/C20H19BO2S/c1-19(2)20(3,4)23-21(22-19)14-10-11-16-18-13(14)9-8-12-6-5-7-15(24-16)17(12)18/h5-11H,1-4H3. The van der Waals surface area contributed by atoms with Crippen molar-refractivity contribution in [3.05, 3.63) is 42.5 Å². The maximum atomic E-state index is 6.30. The Morgan fingerprint density at radius 3 is 2.25 bits per heavy atom. The smallest absolute Gasteiger partial charge is 0.399 e. The highest BCUT2D eigenvalue weighted by Gasteiger charge is 2.52. The van der Waals surface area contributed by atoms with Gasteiger partial charge in [-0.2, -0.15) is 0 Å². The molecule has 1 aliphatic heterocycles. The predicted octanol–water partition coefficient (Wildman–Crippen LogP) is 4.94. The topological polar surface area (TPSA) is 18.5 Å². The van der Waals surface area contributed by atoms with Crippen molar-refractivity contribution in [2.45, 2.75) is 38.9 Å². The van der Waals surface area contributed by atoms with Gasteiger partial charge in [0.05, 0.1) is 11.2 Å². The molecule has 0 atom stereocenters. The van der Waals surface area contributed by atoms with Gasteiger partial charge in [0.1, 0.15) is 0 Å². The molecule has 0 bridgehead atoms. The third kappa shape index (κ3) is 1.79. The Hall–Kier alpha value is -1.62. The van der Waals surface area contributed by atoms with E-state index < -0.39 is 0 Å². The zero-order valence-corrected chi connectivity index (χ0v) is 15.2. The van der Waals surface area contributed by atoms with E-state index >= 15 is 0 Å². The van der Waals surface area contributed by atoms with Crippen LogP contribution in [-0.2, 0) is 9.31 Å². The Bertz CT molecular complexity index is 1060. The fourth-order valence-corrected chi connectivity index (χ4v) is 4.80. The van der Waals surface area contributed by atoms with Gasteiger partial charge in [-0.1, -0.05) is 30.3 Å². The van der Waals surface area contributed by atoms with E-state index in [0.29, 0.717) is 0 Å². The van der Waals surface area contributed by atoms with Crippen molar-refractivity contribution in [3.8, 4) is 0 Å². The first-order valence-corrected chi connectivity index (χ1v) is 9.21. The van der Waals surface area contributed by atoms with Crippen LogP contribution >= 0.6 is 11.3 Å². The lowest BCUT2D eigenvalue weighted by Crippen LogP contribution is -2.41. The van der Waals surface area contributed by atoms with Crippen molar-refractivity contribution in [2.75, 3.05) is 0 Å². The third-order valence-corrected chi connectivity index (χ3v) is 6.83. The molecule has 0 radical (unpaired) electrons. The summed E-state index contributed by atoms with van der Waals surface area (Å²) in [6, 6.07) is 15.4. The van der Waals surface area contributed by atoms with E-state index in [-0.39, 0.29) is 18.3 Å². The van der Waals surface area contributed by atoms with Gasteiger partial charge < -0.3 is 9.31 Å². The van der Waals surface area contributed by atoms with Crippen LogP contribution in [-0.4, -0.2) is 18.3 Å². The van der Waals surface area contributed by atoms with E-state index in [9.17, 15) is 0 Å². The van der Waals surface area contributed by atoms with Crippen molar-refractivity contribution in [1.82, 2.24) is 0 Å². The van der Waals surface area contributed by atoms with Crippen LogP contribution in [0.5, 0.6) is 0 Å². The molecule has 1 aliphatic rings. The minimum absolute atomic E-state index is 0.320. The minimum Gasteiger partial charge on any atom is -0.399 e. The van der Waals surface area contributed by atoms with Crippen molar-refractivity contribution in [2.24, 2.45) is 0 Å². The lowest BCUT2D eigenvalue weighted by molar-refractivity contribution is 0.00578. The van der Waals surface area contributed by atoms with Gasteiger partial charge in [0, 0.05) is 20.2 Å². The van der Waals surface area contributed by atoms with Gasteiger partial charge in [-0.05, 0) is 56.1 Å². The second kappa shape index (κ2) is 4.51. The van der Waals surface area contributed by atoms with Crippen LogP contribution in [0.2, 0.25) is 0 Å². The molecule has 0 spiro atoms. The molecule has 2 heterocycles. The van der Waals surface area contributed by atoms with Crippen molar-refractivity contribution >= 4 is 54.9 Å². The molecule has 5 rings (SSSR count). The Morgan fingerprint density at radius 2 is 1.50 bits per heavy atom. The molecule has 4 aromatic rings. The zero-order chi connectivity index (χ0) is 16.7. The van der Waals surface area contributed by atoms with Gasteiger partial charge in [0.15, 0.2) is 0 Å². The van der Waals surface area contributed by atoms with Crippen molar-refractivity contribution < 1.29 is 9.31 Å². The Balaban J connectivity index is 1.78. The van der Waals surface area contributed by atoms with Crippen LogP contribution in [0.4, 0.5) is 0 Å². The molecule has 4 heteroatoms. The number of benzene rings is 3. The average molecular weight is 334 g/mol. The molecule has 1 fully saturated rings. The lowest BCUT2D eigenvalue weighted by atomic mass is 9.75. The molecule has 3 aromatic carbocycles. The molecule has 0 saturated carbocycles. The Morgan fingerprint density at radius 1 is 0.792 bits per heavy atom. The van der Waals surface area contributed by atoms with E-state index in [4.69, 9.17) is 9.31 Å². The normalized spacial score (nSPS) is 19.9. The average Bonchev–Trinajstić information content (AvgIpc) is 3.00.